The van der Waals surface area contributed by atoms with Gasteiger partial charge in [-0.2, -0.15) is 0 Å². The van der Waals surface area contributed by atoms with Crippen molar-refractivity contribution in [2.45, 2.75) is 96.8 Å². The zero-order valence-electron chi connectivity index (χ0n) is 14.0. The molecule has 21 heavy (non-hydrogen) atoms. The molecule has 1 aliphatic carbocycles. The fraction of sp³-hybridized carbons (Fsp3) is 0.842. The van der Waals surface area contributed by atoms with Crippen LogP contribution in [0.5, 0.6) is 0 Å². The Morgan fingerprint density at radius 2 is 1.33 bits per heavy atom. The lowest BCUT2D eigenvalue weighted by molar-refractivity contribution is -0.138. The molecule has 0 spiro atoms. The zero-order valence-corrected chi connectivity index (χ0v) is 14.0. The molecule has 0 saturated heterocycles. The van der Waals surface area contributed by atoms with Crippen molar-refractivity contribution in [1.82, 2.24) is 0 Å². The summed E-state index contributed by atoms with van der Waals surface area (Å²) in [5.74, 6) is -0.0846. The van der Waals surface area contributed by atoms with Crippen LogP contribution in [-0.4, -0.2) is 12.6 Å². The van der Waals surface area contributed by atoms with E-state index < -0.39 is 0 Å². The third kappa shape index (κ3) is 9.71. The van der Waals surface area contributed by atoms with Crippen molar-refractivity contribution in [1.29, 1.82) is 0 Å². The van der Waals surface area contributed by atoms with Gasteiger partial charge in [-0.15, -0.1) is 0 Å². The number of hydrogen-bond acceptors (Lipinski definition) is 2. The maximum Gasteiger partial charge on any atom is 0.333 e. The van der Waals surface area contributed by atoms with Gasteiger partial charge in [0.05, 0.1) is 6.61 Å². The molecular formula is C19H34O2. The monoisotopic (exact) mass is 294 g/mol. The van der Waals surface area contributed by atoms with E-state index in [-0.39, 0.29) is 5.97 Å². The average molecular weight is 294 g/mol. The summed E-state index contributed by atoms with van der Waals surface area (Å²) in [6, 6.07) is 0. The molecule has 0 fully saturated rings. The largest absolute Gasteiger partial charge is 0.463 e. The van der Waals surface area contributed by atoms with Crippen molar-refractivity contribution >= 4 is 5.97 Å². The van der Waals surface area contributed by atoms with Crippen molar-refractivity contribution in [3.63, 3.8) is 0 Å². The number of carbonyl (C=O) groups excluding carboxylic acids is 1. The summed E-state index contributed by atoms with van der Waals surface area (Å²) in [4.78, 5) is 11.9. The van der Waals surface area contributed by atoms with Gasteiger partial charge in [-0.25, -0.2) is 4.79 Å². The quantitative estimate of drug-likeness (QED) is 0.588. The predicted octanol–water partition coefficient (Wildman–Crippen LogP) is 5.95. The van der Waals surface area contributed by atoms with E-state index in [2.05, 4.69) is 6.08 Å². The summed E-state index contributed by atoms with van der Waals surface area (Å²) in [6.45, 7) is 2.37. The molecule has 0 aliphatic heterocycles. The van der Waals surface area contributed by atoms with Crippen molar-refractivity contribution < 1.29 is 9.53 Å². The lowest BCUT2D eigenvalue weighted by Gasteiger charge is -2.08. The highest BCUT2D eigenvalue weighted by Crippen LogP contribution is 2.17. The number of rotatable bonds is 2. The van der Waals surface area contributed by atoms with Crippen molar-refractivity contribution in [3.05, 3.63) is 11.6 Å². The molecule has 0 atom stereocenters. The van der Waals surface area contributed by atoms with Gasteiger partial charge in [-0.1, -0.05) is 70.3 Å². The molecule has 0 aromatic heterocycles. The van der Waals surface area contributed by atoms with Crippen LogP contribution in [0.2, 0.25) is 0 Å². The Bertz CT molecular complexity index is 294. The number of hydrogen-bond donors (Lipinski definition) is 0. The van der Waals surface area contributed by atoms with Crippen LogP contribution in [0.15, 0.2) is 11.6 Å². The molecule has 1 aliphatic rings. The minimum absolute atomic E-state index is 0.0846. The molecule has 2 heteroatoms. The van der Waals surface area contributed by atoms with Gasteiger partial charge in [-0.3, -0.25) is 0 Å². The van der Waals surface area contributed by atoms with E-state index in [4.69, 9.17) is 4.74 Å². The van der Waals surface area contributed by atoms with E-state index in [1.807, 2.05) is 6.92 Å². The second-order valence-electron chi connectivity index (χ2n) is 6.23. The molecule has 0 amide bonds. The number of allylic oxidation sites excluding steroid dienone is 1. The first-order valence-electron chi connectivity index (χ1n) is 9.20. The summed E-state index contributed by atoms with van der Waals surface area (Å²) in [7, 11) is 0. The molecule has 0 bridgehead atoms. The molecule has 0 heterocycles. The zero-order chi connectivity index (χ0) is 15.2. The van der Waals surface area contributed by atoms with Crippen LogP contribution < -0.4 is 0 Å². The molecule has 0 saturated carbocycles. The van der Waals surface area contributed by atoms with Gasteiger partial charge in [0.2, 0.25) is 0 Å². The summed E-state index contributed by atoms with van der Waals surface area (Å²) < 4.78 is 5.18. The third-order valence-corrected chi connectivity index (χ3v) is 4.33. The van der Waals surface area contributed by atoms with Gasteiger partial charge < -0.3 is 4.74 Å². The van der Waals surface area contributed by atoms with E-state index >= 15 is 0 Å². The van der Waals surface area contributed by atoms with Crippen LogP contribution in [0.25, 0.3) is 0 Å². The van der Waals surface area contributed by atoms with Crippen LogP contribution in [0.1, 0.15) is 96.8 Å². The van der Waals surface area contributed by atoms with Crippen LogP contribution >= 0.6 is 0 Å². The maximum atomic E-state index is 11.9. The molecule has 0 N–H and O–H groups in total. The highest BCUT2D eigenvalue weighted by Gasteiger charge is 2.09. The van der Waals surface area contributed by atoms with Crippen LogP contribution in [0.4, 0.5) is 0 Å². The van der Waals surface area contributed by atoms with Gasteiger partial charge in [0.1, 0.15) is 0 Å². The second kappa shape index (κ2) is 12.9. The van der Waals surface area contributed by atoms with Crippen molar-refractivity contribution in [3.8, 4) is 0 Å². The Hall–Kier alpha value is -0.790. The Morgan fingerprint density at radius 3 is 1.86 bits per heavy atom. The summed E-state index contributed by atoms with van der Waals surface area (Å²) >= 11 is 0. The van der Waals surface area contributed by atoms with Gasteiger partial charge in [-0.05, 0) is 32.6 Å². The molecule has 0 radical (unpaired) electrons. The molecular weight excluding hydrogens is 260 g/mol. The molecule has 0 aromatic carbocycles. The summed E-state index contributed by atoms with van der Waals surface area (Å²) in [5.41, 5.74) is 0.920. The van der Waals surface area contributed by atoms with Gasteiger partial charge in [0.15, 0.2) is 0 Å². The van der Waals surface area contributed by atoms with Crippen LogP contribution in [0, 0.1) is 0 Å². The van der Waals surface area contributed by atoms with E-state index in [0.717, 1.165) is 24.8 Å². The van der Waals surface area contributed by atoms with E-state index in [9.17, 15) is 4.79 Å². The first kappa shape index (κ1) is 18.3. The Labute approximate surface area is 131 Å². The van der Waals surface area contributed by atoms with E-state index in [1.54, 1.807) is 0 Å². The SMILES string of the molecule is CCOC(=O)/C1=C\CCCCCCCCCCCCCC1. The standard InChI is InChI=1S/C19H34O2/c1-2-21-19(20)18-16-14-12-10-8-6-4-3-5-7-9-11-13-15-17-18/h16H,2-15,17H2,1H3/b18-16-. The van der Waals surface area contributed by atoms with Gasteiger partial charge in [0, 0.05) is 5.57 Å². The second-order valence-corrected chi connectivity index (χ2v) is 6.23. The van der Waals surface area contributed by atoms with Crippen molar-refractivity contribution in [2.24, 2.45) is 0 Å². The predicted molar refractivity (Wildman–Crippen MR) is 89.4 cm³/mol. The van der Waals surface area contributed by atoms with Crippen molar-refractivity contribution in [2.75, 3.05) is 6.61 Å². The minimum atomic E-state index is -0.0846. The first-order valence-corrected chi connectivity index (χ1v) is 9.20. The fourth-order valence-electron chi connectivity index (χ4n) is 3.02. The normalized spacial score (nSPS) is 23.0. The maximum absolute atomic E-state index is 11.9. The topological polar surface area (TPSA) is 26.3 Å². The van der Waals surface area contributed by atoms with Crippen LogP contribution in [-0.2, 0) is 9.53 Å². The van der Waals surface area contributed by atoms with Gasteiger partial charge >= 0.3 is 5.97 Å². The highest BCUT2D eigenvalue weighted by molar-refractivity contribution is 5.88. The Morgan fingerprint density at radius 1 is 0.857 bits per heavy atom. The highest BCUT2D eigenvalue weighted by atomic mass is 16.5. The average Bonchev–Trinajstić information content (AvgIpc) is 2.47. The lowest BCUT2D eigenvalue weighted by atomic mass is 10.0. The third-order valence-electron chi connectivity index (χ3n) is 4.33. The summed E-state index contributed by atoms with van der Waals surface area (Å²) in [6.07, 6.45) is 20.0. The molecule has 1 rings (SSSR count). The summed E-state index contributed by atoms with van der Waals surface area (Å²) in [5, 5.41) is 0. The number of carbonyl (C=O) groups is 1. The fourth-order valence-corrected chi connectivity index (χ4v) is 3.02. The molecule has 122 valence electrons. The van der Waals surface area contributed by atoms with E-state index in [1.165, 1.54) is 70.6 Å². The lowest BCUT2D eigenvalue weighted by Crippen LogP contribution is -2.08. The van der Waals surface area contributed by atoms with Crippen LogP contribution in [0.3, 0.4) is 0 Å². The molecule has 0 aromatic rings. The number of esters is 1. The minimum Gasteiger partial charge on any atom is -0.463 e. The Balaban J connectivity index is 2.42. The van der Waals surface area contributed by atoms with Gasteiger partial charge in [0.25, 0.3) is 0 Å². The smallest absolute Gasteiger partial charge is 0.333 e. The van der Waals surface area contributed by atoms with E-state index in [0.29, 0.717) is 6.61 Å². The molecule has 0 unspecified atom stereocenters. The first-order chi connectivity index (χ1) is 10.3. The Kier molecular flexibility index (Phi) is 11.2. The number of ether oxygens (including phenoxy) is 1. The molecule has 2 nitrogen and oxygen atoms in total.